The average molecular weight is 272 g/mol. The van der Waals surface area contributed by atoms with Crippen LogP contribution >= 0.6 is 0 Å². The third-order valence-corrected chi connectivity index (χ3v) is 2.45. The van der Waals surface area contributed by atoms with Crippen LogP contribution in [0, 0.1) is 0 Å². The van der Waals surface area contributed by atoms with Crippen LogP contribution in [-0.2, 0) is 11.3 Å². The number of carbonyl (C=O) groups excluding carboxylic acids is 2. The van der Waals surface area contributed by atoms with Crippen LogP contribution in [0.1, 0.15) is 10.4 Å². The van der Waals surface area contributed by atoms with Gasteiger partial charge in [0, 0.05) is 24.7 Å². The largest absolute Gasteiger partial charge is 0.306 e. The van der Waals surface area contributed by atoms with Gasteiger partial charge in [-0.25, -0.2) is 0 Å². The van der Waals surface area contributed by atoms with Gasteiger partial charge in [0.1, 0.15) is 6.54 Å². The second kappa shape index (κ2) is 6.28. The van der Waals surface area contributed by atoms with Gasteiger partial charge in [-0.05, 0) is 18.2 Å². The Balaban J connectivity index is 1.89. The van der Waals surface area contributed by atoms with Gasteiger partial charge in [0.15, 0.2) is 0 Å². The van der Waals surface area contributed by atoms with Gasteiger partial charge in [-0.2, -0.15) is 0 Å². The van der Waals surface area contributed by atoms with Crippen molar-refractivity contribution in [2.24, 2.45) is 0 Å². The molecule has 0 radical (unpaired) electrons. The second-order valence-electron chi connectivity index (χ2n) is 3.91. The predicted molar refractivity (Wildman–Crippen MR) is 70.5 cm³/mol. The molecule has 0 aromatic carbocycles. The van der Waals surface area contributed by atoms with Crippen molar-refractivity contribution in [3.8, 4) is 0 Å². The van der Waals surface area contributed by atoms with Gasteiger partial charge >= 0.3 is 0 Å². The number of pyridine rings is 2. The van der Waals surface area contributed by atoms with Crippen LogP contribution in [0.4, 0.5) is 0 Å². The van der Waals surface area contributed by atoms with Gasteiger partial charge in [0.05, 0.1) is 5.56 Å². The first kappa shape index (κ1) is 13.5. The minimum Gasteiger partial charge on any atom is -0.306 e. The van der Waals surface area contributed by atoms with Crippen LogP contribution < -0.4 is 16.4 Å². The molecule has 2 rings (SSSR count). The topological polar surface area (TPSA) is 93.1 Å². The number of rotatable bonds is 3. The van der Waals surface area contributed by atoms with E-state index in [1.807, 2.05) is 0 Å². The zero-order valence-electron chi connectivity index (χ0n) is 10.4. The highest BCUT2D eigenvalue weighted by molar-refractivity contribution is 5.94. The normalized spacial score (nSPS) is 9.80. The summed E-state index contributed by atoms with van der Waals surface area (Å²) in [5, 5.41) is 0. The van der Waals surface area contributed by atoms with Crippen molar-refractivity contribution in [3.63, 3.8) is 0 Å². The molecule has 0 fully saturated rings. The molecule has 0 unspecified atom stereocenters. The zero-order chi connectivity index (χ0) is 14.4. The number of nitrogens with one attached hydrogen (secondary N) is 2. The minimum absolute atomic E-state index is 0.174. The fraction of sp³-hybridized carbons (Fsp3) is 0.0769. The Labute approximate surface area is 114 Å². The lowest BCUT2D eigenvalue weighted by Gasteiger charge is -2.08. The van der Waals surface area contributed by atoms with Crippen molar-refractivity contribution in [3.05, 3.63) is 64.8 Å². The lowest BCUT2D eigenvalue weighted by atomic mass is 10.3. The molecule has 0 aliphatic rings. The number of amides is 2. The molecule has 0 aliphatic carbocycles. The van der Waals surface area contributed by atoms with Gasteiger partial charge in [0.2, 0.25) is 0 Å². The van der Waals surface area contributed by atoms with Gasteiger partial charge in [0.25, 0.3) is 17.4 Å². The summed E-state index contributed by atoms with van der Waals surface area (Å²) >= 11 is 0. The van der Waals surface area contributed by atoms with Crippen LogP contribution in [0.5, 0.6) is 0 Å². The fourth-order valence-corrected chi connectivity index (χ4v) is 1.48. The van der Waals surface area contributed by atoms with E-state index in [0.717, 1.165) is 0 Å². The SMILES string of the molecule is O=C(Cn1ccccc1=O)NNC(=O)c1cccnc1. The Morgan fingerprint density at radius 1 is 1.15 bits per heavy atom. The van der Waals surface area contributed by atoms with E-state index >= 15 is 0 Å². The van der Waals surface area contributed by atoms with Crippen LogP contribution in [-0.4, -0.2) is 21.4 Å². The Morgan fingerprint density at radius 2 is 2.00 bits per heavy atom. The van der Waals surface area contributed by atoms with Crippen LogP contribution in [0.2, 0.25) is 0 Å². The molecule has 0 aliphatic heterocycles. The average Bonchev–Trinajstić information content (AvgIpc) is 2.48. The molecule has 0 saturated heterocycles. The van der Waals surface area contributed by atoms with Crippen LogP contribution in [0.3, 0.4) is 0 Å². The Hall–Kier alpha value is -2.96. The van der Waals surface area contributed by atoms with Crippen LogP contribution in [0.15, 0.2) is 53.7 Å². The van der Waals surface area contributed by atoms with E-state index < -0.39 is 11.8 Å². The molecule has 7 nitrogen and oxygen atoms in total. The van der Waals surface area contributed by atoms with E-state index in [-0.39, 0.29) is 12.1 Å². The molecular formula is C13H12N4O3. The molecule has 2 aromatic rings. The number of hydrogen-bond acceptors (Lipinski definition) is 4. The van der Waals surface area contributed by atoms with E-state index in [4.69, 9.17) is 0 Å². The highest BCUT2D eigenvalue weighted by Gasteiger charge is 2.07. The molecule has 7 heteroatoms. The standard InChI is InChI=1S/C13H12N4O3/c18-11(9-17-7-2-1-5-12(17)19)15-16-13(20)10-4-3-6-14-8-10/h1-8H,9H2,(H,15,18)(H,16,20). The number of nitrogens with zero attached hydrogens (tertiary/aromatic N) is 2. The molecule has 2 heterocycles. The third kappa shape index (κ3) is 3.52. The summed E-state index contributed by atoms with van der Waals surface area (Å²) in [5.74, 6) is -0.984. The molecule has 0 bridgehead atoms. The Bertz CT molecular complexity index is 667. The number of aromatic nitrogens is 2. The lowest BCUT2D eigenvalue weighted by Crippen LogP contribution is -2.44. The maximum Gasteiger partial charge on any atom is 0.271 e. The first-order valence-corrected chi connectivity index (χ1v) is 5.81. The summed E-state index contributed by atoms with van der Waals surface area (Å²) in [5.41, 5.74) is 4.51. The van der Waals surface area contributed by atoms with E-state index in [1.165, 1.54) is 29.2 Å². The van der Waals surface area contributed by atoms with Crippen molar-refractivity contribution >= 4 is 11.8 Å². The van der Waals surface area contributed by atoms with Crippen molar-refractivity contribution in [1.82, 2.24) is 20.4 Å². The first-order chi connectivity index (χ1) is 9.66. The Morgan fingerprint density at radius 3 is 2.70 bits per heavy atom. The summed E-state index contributed by atoms with van der Waals surface area (Å²) in [6.07, 6.45) is 4.41. The first-order valence-electron chi connectivity index (χ1n) is 5.81. The van der Waals surface area contributed by atoms with Gasteiger partial charge < -0.3 is 4.57 Å². The zero-order valence-corrected chi connectivity index (χ0v) is 10.4. The third-order valence-electron chi connectivity index (χ3n) is 2.45. The van der Waals surface area contributed by atoms with Crippen molar-refractivity contribution in [2.45, 2.75) is 6.54 Å². The molecule has 2 aromatic heterocycles. The Kier molecular flexibility index (Phi) is 4.23. The summed E-state index contributed by atoms with van der Waals surface area (Å²) in [6, 6.07) is 7.75. The van der Waals surface area contributed by atoms with E-state index in [0.29, 0.717) is 5.56 Å². The number of hydrazine groups is 1. The molecule has 2 N–H and O–H groups in total. The molecule has 0 saturated carbocycles. The minimum atomic E-state index is -0.504. The van der Waals surface area contributed by atoms with Crippen molar-refractivity contribution in [2.75, 3.05) is 0 Å². The smallest absolute Gasteiger partial charge is 0.271 e. The quantitative estimate of drug-likeness (QED) is 0.750. The monoisotopic (exact) mass is 272 g/mol. The molecule has 0 spiro atoms. The maximum atomic E-state index is 11.6. The highest BCUT2D eigenvalue weighted by atomic mass is 16.2. The second-order valence-corrected chi connectivity index (χ2v) is 3.91. The number of carbonyl (C=O) groups is 2. The predicted octanol–water partition coefficient (Wildman–Crippen LogP) is -0.296. The van der Waals surface area contributed by atoms with Crippen molar-refractivity contribution < 1.29 is 9.59 Å². The summed E-state index contributed by atoms with van der Waals surface area (Å²) < 4.78 is 1.23. The molecule has 102 valence electrons. The van der Waals surface area contributed by atoms with Gasteiger partial charge in [-0.15, -0.1) is 0 Å². The molecule has 0 atom stereocenters. The summed E-state index contributed by atoms with van der Waals surface area (Å²) in [4.78, 5) is 38.4. The molecular weight excluding hydrogens is 260 g/mol. The lowest BCUT2D eigenvalue weighted by molar-refractivity contribution is -0.122. The molecule has 20 heavy (non-hydrogen) atoms. The fourth-order valence-electron chi connectivity index (χ4n) is 1.48. The summed E-state index contributed by atoms with van der Waals surface area (Å²) in [7, 11) is 0. The van der Waals surface area contributed by atoms with Gasteiger partial charge in [-0.1, -0.05) is 6.07 Å². The highest BCUT2D eigenvalue weighted by Crippen LogP contribution is 1.93. The number of hydrogen-bond donors (Lipinski definition) is 2. The van der Waals surface area contributed by atoms with Crippen molar-refractivity contribution in [1.29, 1.82) is 0 Å². The maximum absolute atomic E-state index is 11.6. The van der Waals surface area contributed by atoms with Gasteiger partial charge in [-0.3, -0.25) is 30.2 Å². The van der Waals surface area contributed by atoms with E-state index in [1.54, 1.807) is 24.3 Å². The van der Waals surface area contributed by atoms with Crippen LogP contribution in [0.25, 0.3) is 0 Å². The van der Waals surface area contributed by atoms with E-state index in [2.05, 4.69) is 15.8 Å². The molecule has 2 amide bonds. The summed E-state index contributed by atoms with van der Waals surface area (Å²) in [6.45, 7) is -0.174. The van der Waals surface area contributed by atoms with E-state index in [9.17, 15) is 14.4 Å².